The quantitative estimate of drug-likeness (QED) is 0.599. The molecule has 0 bridgehead atoms. The van der Waals surface area contributed by atoms with Gasteiger partial charge in [0.05, 0.1) is 13.2 Å². The SMILES string of the molecule is CCOC(=O)N1CCC=C(C=O)C1. The van der Waals surface area contributed by atoms with Crippen molar-refractivity contribution in [2.75, 3.05) is 19.7 Å². The van der Waals surface area contributed by atoms with Crippen molar-refractivity contribution >= 4 is 12.4 Å². The van der Waals surface area contributed by atoms with E-state index in [9.17, 15) is 9.59 Å². The first-order valence-electron chi connectivity index (χ1n) is 4.33. The molecular weight excluding hydrogens is 170 g/mol. The normalized spacial score (nSPS) is 16.4. The Morgan fingerprint density at radius 3 is 3.15 bits per heavy atom. The summed E-state index contributed by atoms with van der Waals surface area (Å²) in [6.07, 6.45) is 3.02. The highest BCUT2D eigenvalue weighted by molar-refractivity contribution is 5.77. The second kappa shape index (κ2) is 4.64. The van der Waals surface area contributed by atoms with Crippen LogP contribution in [-0.2, 0) is 9.53 Å². The lowest BCUT2D eigenvalue weighted by atomic mass is 10.1. The van der Waals surface area contributed by atoms with Crippen molar-refractivity contribution in [3.05, 3.63) is 11.6 Å². The van der Waals surface area contributed by atoms with E-state index in [2.05, 4.69) is 0 Å². The molecule has 0 fully saturated rings. The minimum Gasteiger partial charge on any atom is -0.450 e. The monoisotopic (exact) mass is 183 g/mol. The maximum absolute atomic E-state index is 11.2. The molecule has 0 aromatic rings. The van der Waals surface area contributed by atoms with Crippen molar-refractivity contribution in [1.29, 1.82) is 0 Å². The Labute approximate surface area is 77.2 Å². The van der Waals surface area contributed by atoms with Gasteiger partial charge in [0.1, 0.15) is 6.29 Å². The standard InChI is InChI=1S/C9H13NO3/c1-2-13-9(12)10-5-3-4-8(6-10)7-11/h4,7H,2-3,5-6H2,1H3. The highest BCUT2D eigenvalue weighted by atomic mass is 16.6. The molecule has 1 aliphatic heterocycles. The fourth-order valence-electron chi connectivity index (χ4n) is 1.23. The van der Waals surface area contributed by atoms with E-state index in [0.717, 1.165) is 12.7 Å². The summed E-state index contributed by atoms with van der Waals surface area (Å²) in [5, 5.41) is 0. The third-order valence-electron chi connectivity index (χ3n) is 1.86. The van der Waals surface area contributed by atoms with E-state index in [1.807, 2.05) is 6.08 Å². The first-order chi connectivity index (χ1) is 6.27. The van der Waals surface area contributed by atoms with Crippen LogP contribution >= 0.6 is 0 Å². The van der Waals surface area contributed by atoms with Crippen molar-refractivity contribution in [2.24, 2.45) is 0 Å². The highest BCUT2D eigenvalue weighted by Crippen LogP contribution is 2.08. The zero-order chi connectivity index (χ0) is 9.68. The van der Waals surface area contributed by atoms with Gasteiger partial charge in [-0.25, -0.2) is 4.79 Å². The van der Waals surface area contributed by atoms with Gasteiger partial charge < -0.3 is 9.64 Å². The van der Waals surface area contributed by atoms with Crippen LogP contribution in [0.25, 0.3) is 0 Å². The van der Waals surface area contributed by atoms with E-state index in [1.165, 1.54) is 4.90 Å². The summed E-state index contributed by atoms with van der Waals surface area (Å²) in [4.78, 5) is 23.2. The largest absolute Gasteiger partial charge is 0.450 e. The summed E-state index contributed by atoms with van der Waals surface area (Å²) in [6.45, 7) is 3.15. The second-order valence-corrected chi connectivity index (χ2v) is 2.81. The van der Waals surface area contributed by atoms with Crippen molar-refractivity contribution in [3.8, 4) is 0 Å². The Hall–Kier alpha value is -1.32. The molecule has 13 heavy (non-hydrogen) atoms. The van der Waals surface area contributed by atoms with Crippen LogP contribution in [0.4, 0.5) is 4.79 Å². The maximum Gasteiger partial charge on any atom is 0.410 e. The lowest BCUT2D eigenvalue weighted by molar-refractivity contribution is -0.105. The fraction of sp³-hybridized carbons (Fsp3) is 0.556. The summed E-state index contributed by atoms with van der Waals surface area (Å²) in [5.74, 6) is 0. The number of amides is 1. The minimum absolute atomic E-state index is 0.338. The lowest BCUT2D eigenvalue weighted by Crippen LogP contribution is -2.36. The van der Waals surface area contributed by atoms with Gasteiger partial charge in [0, 0.05) is 12.1 Å². The van der Waals surface area contributed by atoms with Crippen molar-refractivity contribution < 1.29 is 14.3 Å². The summed E-state index contributed by atoms with van der Waals surface area (Å²) < 4.78 is 4.82. The third kappa shape index (κ3) is 2.57. The first kappa shape index (κ1) is 9.77. The Bertz CT molecular complexity index is 235. The fourth-order valence-corrected chi connectivity index (χ4v) is 1.23. The molecule has 0 aromatic heterocycles. The first-order valence-corrected chi connectivity index (χ1v) is 4.33. The molecule has 72 valence electrons. The molecule has 1 amide bonds. The molecule has 0 N–H and O–H groups in total. The molecule has 0 radical (unpaired) electrons. The van der Waals surface area contributed by atoms with Gasteiger partial charge in [-0.3, -0.25) is 4.79 Å². The maximum atomic E-state index is 11.2. The average Bonchev–Trinajstić information content (AvgIpc) is 2.18. The van der Waals surface area contributed by atoms with Crippen molar-refractivity contribution in [1.82, 2.24) is 4.90 Å². The Morgan fingerprint density at radius 2 is 2.54 bits per heavy atom. The van der Waals surface area contributed by atoms with Gasteiger partial charge in [-0.05, 0) is 13.3 Å². The van der Waals surface area contributed by atoms with Gasteiger partial charge in [-0.15, -0.1) is 0 Å². The molecule has 0 spiro atoms. The molecule has 4 nitrogen and oxygen atoms in total. The number of hydrogen-bond acceptors (Lipinski definition) is 3. The van der Waals surface area contributed by atoms with E-state index in [0.29, 0.717) is 25.3 Å². The smallest absolute Gasteiger partial charge is 0.410 e. The molecule has 1 rings (SSSR count). The molecule has 0 unspecified atom stereocenters. The molecule has 1 heterocycles. The zero-order valence-corrected chi connectivity index (χ0v) is 7.66. The molecule has 0 saturated heterocycles. The Balaban J connectivity index is 2.50. The molecule has 0 atom stereocenters. The van der Waals surface area contributed by atoms with Crippen LogP contribution < -0.4 is 0 Å². The van der Waals surface area contributed by atoms with Gasteiger partial charge in [-0.2, -0.15) is 0 Å². The van der Waals surface area contributed by atoms with Gasteiger partial charge in [-0.1, -0.05) is 6.08 Å². The number of ether oxygens (including phenoxy) is 1. The minimum atomic E-state index is -0.338. The van der Waals surface area contributed by atoms with E-state index >= 15 is 0 Å². The van der Waals surface area contributed by atoms with Crippen LogP contribution in [0, 0.1) is 0 Å². The van der Waals surface area contributed by atoms with Gasteiger partial charge in [0.15, 0.2) is 0 Å². The van der Waals surface area contributed by atoms with E-state index in [4.69, 9.17) is 4.74 Å². The van der Waals surface area contributed by atoms with Gasteiger partial charge in [0.25, 0.3) is 0 Å². The summed E-state index contributed by atoms with van der Waals surface area (Å²) >= 11 is 0. The van der Waals surface area contributed by atoms with E-state index in [-0.39, 0.29) is 6.09 Å². The Kier molecular flexibility index (Phi) is 3.49. The van der Waals surface area contributed by atoms with Crippen LogP contribution in [0.15, 0.2) is 11.6 Å². The number of carbonyl (C=O) groups excluding carboxylic acids is 2. The predicted octanol–water partition coefficient (Wildman–Crippen LogP) is 0.974. The summed E-state index contributed by atoms with van der Waals surface area (Å²) in [7, 11) is 0. The van der Waals surface area contributed by atoms with Crippen molar-refractivity contribution in [3.63, 3.8) is 0 Å². The number of aldehydes is 1. The lowest BCUT2D eigenvalue weighted by Gasteiger charge is -2.24. The summed E-state index contributed by atoms with van der Waals surface area (Å²) in [6, 6.07) is 0. The topological polar surface area (TPSA) is 46.6 Å². The van der Waals surface area contributed by atoms with Crippen LogP contribution in [0.5, 0.6) is 0 Å². The van der Waals surface area contributed by atoms with Gasteiger partial charge >= 0.3 is 6.09 Å². The highest BCUT2D eigenvalue weighted by Gasteiger charge is 2.18. The van der Waals surface area contributed by atoms with Crippen LogP contribution in [0.2, 0.25) is 0 Å². The molecular formula is C9H13NO3. The average molecular weight is 183 g/mol. The number of hydrogen-bond donors (Lipinski definition) is 0. The van der Waals surface area contributed by atoms with Crippen LogP contribution in [0.1, 0.15) is 13.3 Å². The Morgan fingerprint density at radius 1 is 1.77 bits per heavy atom. The zero-order valence-electron chi connectivity index (χ0n) is 7.66. The predicted molar refractivity (Wildman–Crippen MR) is 47.4 cm³/mol. The number of rotatable bonds is 2. The van der Waals surface area contributed by atoms with Crippen molar-refractivity contribution in [2.45, 2.75) is 13.3 Å². The second-order valence-electron chi connectivity index (χ2n) is 2.81. The molecule has 4 heteroatoms. The van der Waals surface area contributed by atoms with Crippen LogP contribution in [-0.4, -0.2) is 37.0 Å². The van der Waals surface area contributed by atoms with E-state index < -0.39 is 0 Å². The molecule has 0 aromatic carbocycles. The van der Waals surface area contributed by atoms with E-state index in [1.54, 1.807) is 6.92 Å². The number of nitrogens with zero attached hydrogens (tertiary/aromatic N) is 1. The number of carbonyl (C=O) groups is 2. The molecule has 0 saturated carbocycles. The van der Waals surface area contributed by atoms with Gasteiger partial charge in [0.2, 0.25) is 0 Å². The molecule has 1 aliphatic rings. The van der Waals surface area contributed by atoms with Crippen LogP contribution in [0.3, 0.4) is 0 Å². The third-order valence-corrected chi connectivity index (χ3v) is 1.86. The molecule has 0 aliphatic carbocycles. The summed E-state index contributed by atoms with van der Waals surface area (Å²) in [5.41, 5.74) is 0.652.